The van der Waals surface area contributed by atoms with E-state index in [0.717, 1.165) is 6.42 Å². The zero-order valence-corrected chi connectivity index (χ0v) is 15.2. The molecule has 27 heavy (non-hydrogen) atoms. The van der Waals surface area contributed by atoms with Gasteiger partial charge in [-0.2, -0.15) is 0 Å². The molecule has 0 aliphatic carbocycles. The molecule has 0 saturated heterocycles. The van der Waals surface area contributed by atoms with Crippen LogP contribution >= 0.6 is 0 Å². The van der Waals surface area contributed by atoms with Gasteiger partial charge in [-0.05, 0) is 49.7 Å². The summed E-state index contributed by atoms with van der Waals surface area (Å²) in [6, 6.07) is 14.9. The molecule has 0 radical (unpaired) electrons. The molecule has 0 fully saturated rings. The third-order valence-electron chi connectivity index (χ3n) is 3.55. The van der Waals surface area contributed by atoms with E-state index in [4.69, 9.17) is 9.47 Å². The van der Waals surface area contributed by atoms with Crippen LogP contribution in [0.1, 0.15) is 41.0 Å². The largest absolute Gasteiger partial charge is 0.494 e. The molecule has 0 unspecified atom stereocenters. The lowest BCUT2D eigenvalue weighted by Crippen LogP contribution is -2.46. The Morgan fingerprint density at radius 3 is 2.22 bits per heavy atom. The van der Waals surface area contributed by atoms with Gasteiger partial charge < -0.3 is 9.47 Å². The van der Waals surface area contributed by atoms with E-state index in [1.54, 1.807) is 54.6 Å². The maximum absolute atomic E-state index is 12.1. The average Bonchev–Trinajstić information content (AvgIpc) is 2.71. The number of rotatable bonds is 7. The fraction of sp³-hybridized carbons (Fsp3) is 0.250. The van der Waals surface area contributed by atoms with Gasteiger partial charge in [0.2, 0.25) is 0 Å². The van der Waals surface area contributed by atoms with Gasteiger partial charge in [-0.15, -0.1) is 0 Å². The van der Waals surface area contributed by atoms with Crippen molar-refractivity contribution in [3.63, 3.8) is 0 Å². The van der Waals surface area contributed by atoms with Crippen LogP contribution in [0.2, 0.25) is 0 Å². The first-order valence-electron chi connectivity index (χ1n) is 8.60. The Labute approximate surface area is 157 Å². The average molecular weight is 370 g/mol. The summed E-state index contributed by atoms with van der Waals surface area (Å²) >= 11 is 0. The van der Waals surface area contributed by atoms with Gasteiger partial charge in [0.15, 0.2) is 6.10 Å². The SMILES string of the molecule is CCCOc1ccc(C(=O)O[C@H](C)C(=O)NNC(=O)c2ccccc2)cc1. The second kappa shape index (κ2) is 9.96. The lowest BCUT2D eigenvalue weighted by atomic mass is 10.2. The number of nitrogens with one attached hydrogen (secondary N) is 2. The number of esters is 1. The molecular weight excluding hydrogens is 348 g/mol. The molecule has 0 aliphatic heterocycles. The highest BCUT2D eigenvalue weighted by atomic mass is 16.5. The van der Waals surface area contributed by atoms with E-state index in [-0.39, 0.29) is 0 Å². The van der Waals surface area contributed by atoms with E-state index in [1.165, 1.54) is 6.92 Å². The van der Waals surface area contributed by atoms with Crippen LogP contribution in [0, 0.1) is 0 Å². The van der Waals surface area contributed by atoms with Crippen molar-refractivity contribution in [3.8, 4) is 5.75 Å². The molecule has 142 valence electrons. The molecule has 2 amide bonds. The Morgan fingerprint density at radius 2 is 1.59 bits per heavy atom. The van der Waals surface area contributed by atoms with Gasteiger partial charge in [-0.3, -0.25) is 20.4 Å². The van der Waals surface area contributed by atoms with Crippen LogP contribution in [-0.2, 0) is 9.53 Å². The van der Waals surface area contributed by atoms with Crippen LogP contribution in [0.5, 0.6) is 5.75 Å². The normalized spacial score (nSPS) is 11.2. The molecule has 7 nitrogen and oxygen atoms in total. The van der Waals surface area contributed by atoms with Gasteiger partial charge >= 0.3 is 5.97 Å². The van der Waals surface area contributed by atoms with Crippen molar-refractivity contribution in [1.82, 2.24) is 10.9 Å². The molecule has 0 aliphatic rings. The van der Waals surface area contributed by atoms with Crippen LogP contribution in [0.3, 0.4) is 0 Å². The third-order valence-corrected chi connectivity index (χ3v) is 3.55. The first kappa shape index (κ1) is 20.0. The maximum Gasteiger partial charge on any atom is 0.338 e. The highest BCUT2D eigenvalue weighted by molar-refractivity contribution is 5.96. The molecule has 2 rings (SSSR count). The van der Waals surface area contributed by atoms with E-state index in [1.807, 2.05) is 6.92 Å². The summed E-state index contributed by atoms with van der Waals surface area (Å²) in [5, 5.41) is 0. The van der Waals surface area contributed by atoms with E-state index in [9.17, 15) is 14.4 Å². The fourth-order valence-corrected chi connectivity index (χ4v) is 2.07. The van der Waals surface area contributed by atoms with E-state index < -0.39 is 23.9 Å². The Hall–Kier alpha value is -3.35. The molecule has 0 bridgehead atoms. The molecule has 0 saturated carbocycles. The molecule has 1 atom stereocenters. The highest BCUT2D eigenvalue weighted by Gasteiger charge is 2.19. The summed E-state index contributed by atoms with van der Waals surface area (Å²) in [6.45, 7) is 4.01. The lowest BCUT2D eigenvalue weighted by molar-refractivity contribution is -0.129. The molecule has 2 aromatic carbocycles. The maximum atomic E-state index is 12.1. The molecule has 0 aromatic heterocycles. The number of ether oxygens (including phenoxy) is 2. The van der Waals surface area contributed by atoms with Crippen molar-refractivity contribution >= 4 is 17.8 Å². The standard InChI is InChI=1S/C20H22N2O5/c1-3-13-26-17-11-9-16(10-12-17)20(25)27-14(2)18(23)21-22-19(24)15-7-5-4-6-8-15/h4-12,14H,3,13H2,1-2H3,(H,21,23)(H,22,24)/t14-/m1/s1. The van der Waals surface area contributed by atoms with Crippen molar-refractivity contribution in [1.29, 1.82) is 0 Å². The topological polar surface area (TPSA) is 93.7 Å². The zero-order valence-electron chi connectivity index (χ0n) is 15.2. The van der Waals surface area contributed by atoms with Crippen LogP contribution in [-0.4, -0.2) is 30.5 Å². The van der Waals surface area contributed by atoms with Gasteiger partial charge in [0, 0.05) is 5.56 Å². The number of hydrogen-bond donors (Lipinski definition) is 2. The summed E-state index contributed by atoms with van der Waals surface area (Å²) in [5.74, 6) is -1.10. The molecule has 0 heterocycles. The quantitative estimate of drug-likeness (QED) is 0.577. The Balaban J connectivity index is 1.82. The molecule has 2 N–H and O–H groups in total. The highest BCUT2D eigenvalue weighted by Crippen LogP contribution is 2.13. The van der Waals surface area contributed by atoms with Crippen LogP contribution < -0.4 is 15.6 Å². The van der Waals surface area contributed by atoms with Crippen molar-refractivity contribution in [2.45, 2.75) is 26.4 Å². The minimum atomic E-state index is -1.08. The second-order valence-electron chi connectivity index (χ2n) is 5.73. The number of hydrogen-bond acceptors (Lipinski definition) is 5. The number of carbonyl (C=O) groups is 3. The number of amides is 2. The van der Waals surface area contributed by atoms with Gasteiger partial charge in [0.1, 0.15) is 5.75 Å². The summed E-state index contributed by atoms with van der Waals surface area (Å²) in [6.07, 6.45) is -0.193. The predicted molar refractivity (Wildman–Crippen MR) is 99.2 cm³/mol. The van der Waals surface area contributed by atoms with Gasteiger partial charge in [0.05, 0.1) is 12.2 Å². The van der Waals surface area contributed by atoms with Crippen LogP contribution in [0.4, 0.5) is 0 Å². The summed E-state index contributed by atoms with van der Waals surface area (Å²) in [4.78, 5) is 36.0. The second-order valence-corrected chi connectivity index (χ2v) is 5.73. The van der Waals surface area contributed by atoms with E-state index in [2.05, 4.69) is 10.9 Å². The number of carbonyl (C=O) groups excluding carboxylic acids is 3. The Bertz CT molecular complexity index is 775. The van der Waals surface area contributed by atoms with Gasteiger partial charge in [-0.1, -0.05) is 25.1 Å². The minimum Gasteiger partial charge on any atom is -0.494 e. The third kappa shape index (κ3) is 6.14. The van der Waals surface area contributed by atoms with Crippen molar-refractivity contribution < 1.29 is 23.9 Å². The number of benzene rings is 2. The molecule has 0 spiro atoms. The molecule has 2 aromatic rings. The monoisotopic (exact) mass is 370 g/mol. The molecular formula is C20H22N2O5. The van der Waals surface area contributed by atoms with E-state index in [0.29, 0.717) is 23.5 Å². The number of hydrazine groups is 1. The molecule has 7 heteroatoms. The van der Waals surface area contributed by atoms with Crippen LogP contribution in [0.15, 0.2) is 54.6 Å². The van der Waals surface area contributed by atoms with E-state index >= 15 is 0 Å². The van der Waals surface area contributed by atoms with Crippen molar-refractivity contribution in [3.05, 3.63) is 65.7 Å². The Morgan fingerprint density at radius 1 is 0.926 bits per heavy atom. The summed E-state index contributed by atoms with van der Waals surface area (Å²) < 4.78 is 10.6. The van der Waals surface area contributed by atoms with Gasteiger partial charge in [-0.25, -0.2) is 4.79 Å². The zero-order chi connectivity index (χ0) is 19.6. The smallest absolute Gasteiger partial charge is 0.338 e. The van der Waals surface area contributed by atoms with Crippen molar-refractivity contribution in [2.75, 3.05) is 6.61 Å². The minimum absolute atomic E-state index is 0.298. The Kier molecular flexibility index (Phi) is 7.37. The fourth-order valence-electron chi connectivity index (χ4n) is 2.07. The predicted octanol–water partition coefficient (Wildman–Crippen LogP) is 2.48. The van der Waals surface area contributed by atoms with Gasteiger partial charge in [0.25, 0.3) is 11.8 Å². The summed E-state index contributed by atoms with van der Waals surface area (Å²) in [5.41, 5.74) is 5.20. The lowest BCUT2D eigenvalue weighted by Gasteiger charge is -2.14. The van der Waals surface area contributed by atoms with Crippen LogP contribution in [0.25, 0.3) is 0 Å². The first-order valence-corrected chi connectivity index (χ1v) is 8.60. The van der Waals surface area contributed by atoms with Crippen molar-refractivity contribution in [2.24, 2.45) is 0 Å². The summed E-state index contributed by atoms with van der Waals surface area (Å²) in [7, 11) is 0. The first-order chi connectivity index (χ1) is 13.0.